The van der Waals surface area contributed by atoms with Crippen molar-refractivity contribution in [3.8, 4) is 5.75 Å². The summed E-state index contributed by atoms with van der Waals surface area (Å²) < 4.78 is 32.2. The van der Waals surface area contributed by atoms with Crippen molar-refractivity contribution in [2.75, 3.05) is 11.3 Å². The first-order valence-electron chi connectivity index (χ1n) is 6.42. The van der Waals surface area contributed by atoms with Crippen molar-refractivity contribution in [3.63, 3.8) is 0 Å². The molecule has 8 heteroatoms. The van der Waals surface area contributed by atoms with E-state index in [1.165, 1.54) is 18.2 Å². The molecular formula is C14H14N2O5S. The van der Waals surface area contributed by atoms with Gasteiger partial charge in [-0.3, -0.25) is 14.8 Å². The summed E-state index contributed by atoms with van der Waals surface area (Å²) >= 11 is 0. The first-order valence-corrected chi connectivity index (χ1v) is 7.91. The van der Waals surface area contributed by atoms with E-state index in [1.54, 1.807) is 24.3 Å². The molecule has 0 atom stereocenters. The van der Waals surface area contributed by atoms with Crippen LogP contribution in [0.25, 0.3) is 0 Å². The second-order valence-electron chi connectivity index (χ2n) is 4.32. The standard InChI is InChI=1S/C14H14N2O5S/c1-2-21-13-7-3-5-11(9-13)15-22(19,20)14-8-4-6-12(10-14)16(17)18/h3-10,15H,2H2,1H3. The second kappa shape index (κ2) is 6.44. The van der Waals surface area contributed by atoms with E-state index < -0.39 is 14.9 Å². The van der Waals surface area contributed by atoms with Crippen LogP contribution in [0, 0.1) is 10.1 Å². The molecule has 0 radical (unpaired) electrons. The highest BCUT2D eigenvalue weighted by Crippen LogP contribution is 2.23. The maximum absolute atomic E-state index is 12.3. The van der Waals surface area contributed by atoms with Crippen molar-refractivity contribution in [1.29, 1.82) is 0 Å². The van der Waals surface area contributed by atoms with Crippen LogP contribution in [0.4, 0.5) is 11.4 Å². The van der Waals surface area contributed by atoms with Crippen LogP contribution in [0.3, 0.4) is 0 Å². The van der Waals surface area contributed by atoms with Gasteiger partial charge in [-0.05, 0) is 25.1 Å². The van der Waals surface area contributed by atoms with Gasteiger partial charge in [-0.15, -0.1) is 0 Å². The minimum Gasteiger partial charge on any atom is -0.494 e. The van der Waals surface area contributed by atoms with Gasteiger partial charge in [-0.25, -0.2) is 8.42 Å². The molecule has 0 aromatic heterocycles. The molecule has 22 heavy (non-hydrogen) atoms. The van der Waals surface area contributed by atoms with Gasteiger partial charge in [0.25, 0.3) is 15.7 Å². The van der Waals surface area contributed by atoms with Gasteiger partial charge in [0.05, 0.1) is 22.1 Å². The van der Waals surface area contributed by atoms with E-state index in [1.807, 2.05) is 6.92 Å². The number of rotatable bonds is 6. The summed E-state index contributed by atoms with van der Waals surface area (Å²) in [6, 6.07) is 11.3. The summed E-state index contributed by atoms with van der Waals surface area (Å²) in [5, 5.41) is 10.7. The SMILES string of the molecule is CCOc1cccc(NS(=O)(=O)c2cccc([N+](=O)[O-])c2)c1. The Kier molecular flexibility index (Phi) is 4.62. The average molecular weight is 322 g/mol. The predicted octanol–water partition coefficient (Wildman–Crippen LogP) is 2.79. The Morgan fingerprint density at radius 2 is 1.91 bits per heavy atom. The molecule has 2 aromatic rings. The summed E-state index contributed by atoms with van der Waals surface area (Å²) in [7, 11) is -3.91. The number of hydrogen-bond acceptors (Lipinski definition) is 5. The molecule has 116 valence electrons. The summed E-state index contributed by atoms with van der Waals surface area (Å²) in [6.07, 6.45) is 0. The maximum Gasteiger partial charge on any atom is 0.270 e. The molecule has 2 aromatic carbocycles. The fraction of sp³-hybridized carbons (Fsp3) is 0.143. The smallest absolute Gasteiger partial charge is 0.270 e. The lowest BCUT2D eigenvalue weighted by molar-refractivity contribution is -0.385. The Labute approximate surface area is 127 Å². The van der Waals surface area contributed by atoms with Crippen molar-refractivity contribution in [2.45, 2.75) is 11.8 Å². The monoisotopic (exact) mass is 322 g/mol. The summed E-state index contributed by atoms with van der Waals surface area (Å²) in [5.41, 5.74) is 0.0309. The number of nitro groups is 1. The molecule has 0 aliphatic heterocycles. The summed E-state index contributed by atoms with van der Waals surface area (Å²) in [5.74, 6) is 0.529. The normalized spacial score (nSPS) is 11.0. The molecule has 0 saturated carbocycles. The van der Waals surface area contributed by atoms with E-state index in [2.05, 4.69) is 4.72 Å². The Balaban J connectivity index is 2.29. The third kappa shape index (κ3) is 3.73. The van der Waals surface area contributed by atoms with E-state index >= 15 is 0 Å². The molecule has 0 spiro atoms. The fourth-order valence-corrected chi connectivity index (χ4v) is 2.88. The van der Waals surface area contributed by atoms with Gasteiger partial charge < -0.3 is 4.74 Å². The molecule has 0 fully saturated rings. The molecule has 0 aliphatic rings. The first kappa shape index (κ1) is 15.8. The fourth-order valence-electron chi connectivity index (χ4n) is 1.79. The molecule has 0 aliphatic carbocycles. The minimum absolute atomic E-state index is 0.177. The van der Waals surface area contributed by atoms with Crippen LogP contribution < -0.4 is 9.46 Å². The number of nitrogens with zero attached hydrogens (tertiary/aromatic N) is 1. The highest BCUT2D eigenvalue weighted by atomic mass is 32.2. The number of benzene rings is 2. The lowest BCUT2D eigenvalue weighted by Crippen LogP contribution is -2.13. The number of sulfonamides is 1. The average Bonchev–Trinajstić information content (AvgIpc) is 2.47. The van der Waals surface area contributed by atoms with E-state index in [9.17, 15) is 18.5 Å². The molecular weight excluding hydrogens is 308 g/mol. The summed E-state index contributed by atoms with van der Waals surface area (Å²) in [6.45, 7) is 2.28. The van der Waals surface area contributed by atoms with Gasteiger partial charge >= 0.3 is 0 Å². The Hall–Kier alpha value is -2.61. The van der Waals surface area contributed by atoms with Crippen LogP contribution >= 0.6 is 0 Å². The van der Waals surface area contributed by atoms with Crippen molar-refractivity contribution in [2.24, 2.45) is 0 Å². The second-order valence-corrected chi connectivity index (χ2v) is 6.00. The number of nitro benzene ring substituents is 1. The van der Waals surface area contributed by atoms with E-state index in [4.69, 9.17) is 4.74 Å². The van der Waals surface area contributed by atoms with Gasteiger partial charge in [0.15, 0.2) is 0 Å². The highest BCUT2D eigenvalue weighted by molar-refractivity contribution is 7.92. The number of non-ortho nitro benzene ring substituents is 1. The lowest BCUT2D eigenvalue weighted by atomic mass is 10.3. The van der Waals surface area contributed by atoms with Crippen LogP contribution in [0.5, 0.6) is 5.75 Å². The van der Waals surface area contributed by atoms with Crippen LogP contribution in [-0.4, -0.2) is 19.9 Å². The molecule has 0 unspecified atom stereocenters. The Bertz CT molecular complexity index is 789. The third-order valence-electron chi connectivity index (χ3n) is 2.74. The van der Waals surface area contributed by atoms with Crippen molar-refractivity contribution >= 4 is 21.4 Å². The van der Waals surface area contributed by atoms with Crippen LogP contribution in [0.15, 0.2) is 53.4 Å². The van der Waals surface area contributed by atoms with E-state index in [0.29, 0.717) is 18.0 Å². The van der Waals surface area contributed by atoms with Gasteiger partial charge in [-0.1, -0.05) is 12.1 Å². The lowest BCUT2D eigenvalue weighted by Gasteiger charge is -2.09. The molecule has 2 rings (SSSR count). The van der Waals surface area contributed by atoms with Gasteiger partial charge in [-0.2, -0.15) is 0 Å². The van der Waals surface area contributed by atoms with Gasteiger partial charge in [0.1, 0.15) is 5.75 Å². The minimum atomic E-state index is -3.91. The summed E-state index contributed by atoms with van der Waals surface area (Å²) in [4.78, 5) is 9.91. The van der Waals surface area contributed by atoms with Crippen LogP contribution in [0.1, 0.15) is 6.92 Å². The van der Waals surface area contributed by atoms with E-state index in [0.717, 1.165) is 6.07 Å². The zero-order valence-electron chi connectivity index (χ0n) is 11.7. The highest BCUT2D eigenvalue weighted by Gasteiger charge is 2.17. The van der Waals surface area contributed by atoms with Crippen molar-refractivity contribution in [3.05, 3.63) is 58.6 Å². The van der Waals surface area contributed by atoms with Crippen LogP contribution in [-0.2, 0) is 10.0 Å². The van der Waals surface area contributed by atoms with Crippen molar-refractivity contribution < 1.29 is 18.1 Å². The Morgan fingerprint density at radius 1 is 1.18 bits per heavy atom. The van der Waals surface area contributed by atoms with Crippen molar-refractivity contribution in [1.82, 2.24) is 0 Å². The Morgan fingerprint density at radius 3 is 2.59 bits per heavy atom. The zero-order valence-corrected chi connectivity index (χ0v) is 12.5. The third-order valence-corrected chi connectivity index (χ3v) is 4.11. The van der Waals surface area contributed by atoms with Gasteiger partial charge in [0, 0.05) is 18.2 Å². The largest absolute Gasteiger partial charge is 0.494 e. The first-order chi connectivity index (χ1) is 10.4. The van der Waals surface area contributed by atoms with Gasteiger partial charge in [0.2, 0.25) is 0 Å². The number of ether oxygens (including phenoxy) is 1. The number of anilines is 1. The molecule has 0 amide bonds. The number of hydrogen-bond donors (Lipinski definition) is 1. The molecule has 0 bridgehead atoms. The maximum atomic E-state index is 12.3. The molecule has 0 heterocycles. The van der Waals surface area contributed by atoms with Crippen LogP contribution in [0.2, 0.25) is 0 Å². The predicted molar refractivity (Wildman–Crippen MR) is 81.5 cm³/mol. The molecule has 1 N–H and O–H groups in total. The quantitative estimate of drug-likeness (QED) is 0.651. The zero-order chi connectivity index (χ0) is 16.2. The topological polar surface area (TPSA) is 98.5 Å². The number of nitrogens with one attached hydrogen (secondary N) is 1. The molecule has 7 nitrogen and oxygen atoms in total. The molecule has 0 saturated heterocycles. The van der Waals surface area contributed by atoms with E-state index in [-0.39, 0.29) is 10.6 Å².